The maximum Gasteiger partial charge on any atom is 0.182 e. The highest BCUT2D eigenvalue weighted by Crippen LogP contribution is 2.24. The smallest absolute Gasteiger partial charge is 0.182 e. The third-order valence-electron chi connectivity index (χ3n) is 1.85. The fourth-order valence-corrected chi connectivity index (χ4v) is 2.82. The van der Waals surface area contributed by atoms with E-state index in [2.05, 4.69) is 0 Å². The van der Waals surface area contributed by atoms with Crippen molar-refractivity contribution in [2.45, 2.75) is 4.90 Å². The predicted octanol–water partition coefficient (Wildman–Crippen LogP) is 1.34. The van der Waals surface area contributed by atoms with Gasteiger partial charge in [0.15, 0.2) is 9.84 Å². The highest BCUT2D eigenvalue weighted by Gasteiger charge is 2.17. The Kier molecular flexibility index (Phi) is 3.96. The van der Waals surface area contributed by atoms with Crippen LogP contribution < -0.4 is 5.73 Å². The van der Waals surface area contributed by atoms with Crippen LogP contribution in [-0.2, 0) is 14.6 Å². The van der Waals surface area contributed by atoms with E-state index in [9.17, 15) is 8.42 Å². The minimum absolute atomic E-state index is 0.0567. The van der Waals surface area contributed by atoms with Gasteiger partial charge in [-0.1, -0.05) is 11.6 Å². The van der Waals surface area contributed by atoms with Crippen LogP contribution in [0.15, 0.2) is 23.1 Å². The van der Waals surface area contributed by atoms with E-state index in [-0.39, 0.29) is 22.3 Å². The van der Waals surface area contributed by atoms with Crippen LogP contribution in [0.1, 0.15) is 0 Å². The van der Waals surface area contributed by atoms with Crippen LogP contribution in [0, 0.1) is 0 Å². The lowest BCUT2D eigenvalue weighted by Crippen LogP contribution is -2.12. The molecule has 0 saturated heterocycles. The van der Waals surface area contributed by atoms with Gasteiger partial charge < -0.3 is 10.5 Å². The second-order valence-corrected chi connectivity index (χ2v) is 5.49. The molecule has 1 rings (SSSR count). The molecule has 0 aliphatic heterocycles. The number of ether oxygens (including phenoxy) is 1. The molecule has 4 nitrogen and oxygen atoms in total. The van der Waals surface area contributed by atoms with Crippen LogP contribution in [0.25, 0.3) is 0 Å². The number of anilines is 1. The highest BCUT2D eigenvalue weighted by molar-refractivity contribution is 7.91. The molecular formula is C9H12ClNO3S. The van der Waals surface area contributed by atoms with Crippen molar-refractivity contribution in [3.63, 3.8) is 0 Å². The maximum atomic E-state index is 11.7. The van der Waals surface area contributed by atoms with Gasteiger partial charge in [-0.25, -0.2) is 8.42 Å². The van der Waals surface area contributed by atoms with Crippen LogP contribution in [0.4, 0.5) is 5.69 Å². The van der Waals surface area contributed by atoms with Gasteiger partial charge in [-0.2, -0.15) is 0 Å². The monoisotopic (exact) mass is 249 g/mol. The predicted molar refractivity (Wildman–Crippen MR) is 59.8 cm³/mol. The highest BCUT2D eigenvalue weighted by atomic mass is 35.5. The summed E-state index contributed by atoms with van der Waals surface area (Å²) in [6.45, 7) is 0.132. The van der Waals surface area contributed by atoms with E-state index in [4.69, 9.17) is 22.1 Å². The Labute approximate surface area is 93.9 Å². The Morgan fingerprint density at radius 3 is 2.73 bits per heavy atom. The van der Waals surface area contributed by atoms with Crippen molar-refractivity contribution in [1.82, 2.24) is 0 Å². The van der Waals surface area contributed by atoms with Crippen molar-refractivity contribution >= 4 is 27.1 Å². The van der Waals surface area contributed by atoms with E-state index in [0.717, 1.165) is 0 Å². The zero-order valence-corrected chi connectivity index (χ0v) is 9.81. The molecule has 0 atom stereocenters. The number of sulfone groups is 1. The molecule has 0 aliphatic rings. The molecule has 0 fully saturated rings. The zero-order chi connectivity index (χ0) is 11.5. The van der Waals surface area contributed by atoms with Crippen molar-refractivity contribution in [3.05, 3.63) is 23.2 Å². The van der Waals surface area contributed by atoms with Gasteiger partial charge in [-0.15, -0.1) is 0 Å². The minimum atomic E-state index is -3.41. The second kappa shape index (κ2) is 4.83. The Hall–Kier alpha value is -0.780. The van der Waals surface area contributed by atoms with Crippen LogP contribution in [0.2, 0.25) is 5.02 Å². The Morgan fingerprint density at radius 1 is 1.47 bits per heavy atom. The van der Waals surface area contributed by atoms with Crippen LogP contribution >= 0.6 is 11.6 Å². The first-order chi connectivity index (χ1) is 6.97. The van der Waals surface area contributed by atoms with E-state index in [0.29, 0.717) is 5.69 Å². The molecule has 0 unspecified atom stereocenters. The first-order valence-electron chi connectivity index (χ1n) is 4.24. The number of nitrogen functional groups attached to an aromatic ring is 1. The quantitative estimate of drug-likeness (QED) is 0.818. The Balaban J connectivity index is 3.09. The average molecular weight is 250 g/mol. The van der Waals surface area contributed by atoms with Crippen molar-refractivity contribution < 1.29 is 13.2 Å². The molecule has 6 heteroatoms. The SMILES string of the molecule is COCCS(=O)(=O)c1cc(N)ccc1Cl. The average Bonchev–Trinajstić information content (AvgIpc) is 2.18. The number of methoxy groups -OCH3 is 1. The third-order valence-corrected chi connectivity index (χ3v) is 4.00. The molecule has 0 spiro atoms. The van der Waals surface area contributed by atoms with Gasteiger partial charge >= 0.3 is 0 Å². The summed E-state index contributed by atoms with van der Waals surface area (Å²) in [4.78, 5) is 0.0567. The van der Waals surface area contributed by atoms with E-state index in [1.54, 1.807) is 6.07 Å². The first kappa shape index (κ1) is 12.3. The molecule has 0 heterocycles. The number of halogens is 1. The second-order valence-electron chi connectivity index (χ2n) is 3.00. The van der Waals surface area contributed by atoms with Crippen molar-refractivity contribution in [2.24, 2.45) is 0 Å². The van der Waals surface area contributed by atoms with E-state index >= 15 is 0 Å². The molecule has 0 bridgehead atoms. The summed E-state index contributed by atoms with van der Waals surface area (Å²) in [6, 6.07) is 4.38. The van der Waals surface area contributed by atoms with Gasteiger partial charge in [0.1, 0.15) is 0 Å². The van der Waals surface area contributed by atoms with Gasteiger partial charge in [-0.3, -0.25) is 0 Å². The number of benzene rings is 1. The molecule has 0 amide bonds. The molecule has 2 N–H and O–H groups in total. The first-order valence-corrected chi connectivity index (χ1v) is 6.27. The van der Waals surface area contributed by atoms with Gasteiger partial charge in [0.2, 0.25) is 0 Å². The maximum absolute atomic E-state index is 11.7. The summed E-state index contributed by atoms with van der Waals surface area (Å²) in [5.41, 5.74) is 5.87. The molecule has 0 aromatic heterocycles. The summed E-state index contributed by atoms with van der Waals surface area (Å²) >= 11 is 5.78. The molecular weight excluding hydrogens is 238 g/mol. The fourth-order valence-electron chi connectivity index (χ4n) is 1.06. The van der Waals surface area contributed by atoms with Gasteiger partial charge in [0.25, 0.3) is 0 Å². The molecule has 1 aromatic carbocycles. The normalized spacial score (nSPS) is 11.6. The minimum Gasteiger partial charge on any atom is -0.399 e. The van der Waals surface area contributed by atoms with Crippen LogP contribution in [-0.4, -0.2) is 27.9 Å². The summed E-state index contributed by atoms with van der Waals surface area (Å²) in [6.07, 6.45) is 0. The Bertz CT molecular complexity index is 445. The Morgan fingerprint density at radius 2 is 2.13 bits per heavy atom. The molecule has 1 aromatic rings. The molecule has 0 aliphatic carbocycles. The molecule has 84 valence electrons. The summed E-state index contributed by atoms with van der Waals surface area (Å²) in [7, 11) is -1.97. The lowest BCUT2D eigenvalue weighted by Gasteiger charge is -2.06. The summed E-state index contributed by atoms with van der Waals surface area (Å²) < 4.78 is 28.2. The van der Waals surface area contributed by atoms with Crippen molar-refractivity contribution in [2.75, 3.05) is 25.2 Å². The molecule has 15 heavy (non-hydrogen) atoms. The number of rotatable bonds is 4. The van der Waals surface area contributed by atoms with E-state index in [1.807, 2.05) is 0 Å². The van der Waals surface area contributed by atoms with Crippen molar-refractivity contribution in [3.8, 4) is 0 Å². The van der Waals surface area contributed by atoms with Crippen LogP contribution in [0.5, 0.6) is 0 Å². The van der Waals surface area contributed by atoms with Crippen molar-refractivity contribution in [1.29, 1.82) is 0 Å². The van der Waals surface area contributed by atoms with E-state index < -0.39 is 9.84 Å². The molecule has 0 radical (unpaired) electrons. The fraction of sp³-hybridized carbons (Fsp3) is 0.333. The van der Waals surface area contributed by atoms with Gasteiger partial charge in [0.05, 0.1) is 22.3 Å². The van der Waals surface area contributed by atoms with Gasteiger partial charge in [0, 0.05) is 12.8 Å². The van der Waals surface area contributed by atoms with E-state index in [1.165, 1.54) is 19.2 Å². The largest absolute Gasteiger partial charge is 0.399 e. The molecule has 0 saturated carbocycles. The lowest BCUT2D eigenvalue weighted by molar-refractivity contribution is 0.217. The number of hydrogen-bond acceptors (Lipinski definition) is 4. The summed E-state index contributed by atoms with van der Waals surface area (Å²) in [5.74, 6) is -0.104. The standard InChI is InChI=1S/C9H12ClNO3S/c1-14-4-5-15(12,13)9-6-7(11)2-3-8(9)10/h2-3,6H,4-5,11H2,1H3. The third kappa shape index (κ3) is 3.09. The number of hydrogen-bond donors (Lipinski definition) is 1. The topological polar surface area (TPSA) is 69.4 Å². The zero-order valence-electron chi connectivity index (χ0n) is 8.23. The van der Waals surface area contributed by atoms with Crippen LogP contribution in [0.3, 0.4) is 0 Å². The summed E-state index contributed by atoms with van der Waals surface area (Å²) in [5, 5.41) is 0.181. The number of nitrogens with two attached hydrogens (primary N) is 1. The lowest BCUT2D eigenvalue weighted by atomic mass is 10.3. The van der Waals surface area contributed by atoms with Gasteiger partial charge in [-0.05, 0) is 18.2 Å².